The first-order chi connectivity index (χ1) is 7.87. The Morgan fingerprint density at radius 3 is 2.65 bits per heavy atom. The first-order valence-corrected chi connectivity index (χ1v) is 7.91. The van der Waals surface area contributed by atoms with E-state index in [2.05, 4.69) is 27.9 Å². The molecule has 0 heterocycles. The van der Waals surface area contributed by atoms with Gasteiger partial charge >= 0.3 is 0 Å². The van der Waals surface area contributed by atoms with Gasteiger partial charge in [-0.2, -0.15) is 11.8 Å². The summed E-state index contributed by atoms with van der Waals surface area (Å²) in [5.41, 5.74) is 1.64. The molecule has 0 unspecified atom stereocenters. The minimum Gasteiger partial charge on any atom is -0.346 e. The van der Waals surface area contributed by atoms with Crippen LogP contribution in [0.3, 0.4) is 0 Å². The zero-order chi connectivity index (χ0) is 13.1. The summed E-state index contributed by atoms with van der Waals surface area (Å²) in [5.74, 6) is 0.924. The standard InChI is InChI=1S/C13H18INOS/c1-9-6-5-7-10(14)11(9)12(16)15-13(2,3)8-17-4/h5-7H,8H2,1-4H3,(H,15,16). The number of thioether (sulfide) groups is 1. The molecule has 1 aromatic carbocycles. The summed E-state index contributed by atoms with van der Waals surface area (Å²) in [5, 5.41) is 3.09. The molecule has 4 heteroatoms. The third-order valence-corrected chi connectivity index (χ3v) is 4.32. The number of aryl methyl sites for hydroxylation is 1. The van der Waals surface area contributed by atoms with E-state index in [1.54, 1.807) is 11.8 Å². The normalized spacial score (nSPS) is 11.4. The summed E-state index contributed by atoms with van der Waals surface area (Å²) in [7, 11) is 0. The van der Waals surface area contributed by atoms with E-state index in [1.165, 1.54) is 0 Å². The maximum Gasteiger partial charge on any atom is 0.253 e. The molecule has 0 aliphatic rings. The van der Waals surface area contributed by atoms with Gasteiger partial charge in [-0.05, 0) is 61.2 Å². The maximum absolute atomic E-state index is 12.3. The van der Waals surface area contributed by atoms with E-state index in [1.807, 2.05) is 45.2 Å². The SMILES string of the molecule is CSCC(C)(C)NC(=O)c1c(C)cccc1I. The molecule has 0 radical (unpaired) electrons. The van der Waals surface area contributed by atoms with Gasteiger partial charge in [0, 0.05) is 14.9 Å². The van der Waals surface area contributed by atoms with Crippen molar-refractivity contribution in [2.24, 2.45) is 0 Å². The molecule has 1 rings (SSSR count). The van der Waals surface area contributed by atoms with Crippen molar-refractivity contribution in [2.45, 2.75) is 26.3 Å². The Morgan fingerprint density at radius 2 is 2.12 bits per heavy atom. The van der Waals surface area contributed by atoms with E-state index in [0.29, 0.717) is 0 Å². The summed E-state index contributed by atoms with van der Waals surface area (Å²) < 4.78 is 1.00. The molecule has 94 valence electrons. The predicted octanol–water partition coefficient (Wildman–Crippen LogP) is 3.47. The molecule has 0 atom stereocenters. The maximum atomic E-state index is 12.3. The summed E-state index contributed by atoms with van der Waals surface area (Å²) in [6, 6.07) is 5.91. The highest BCUT2D eigenvalue weighted by atomic mass is 127. The Morgan fingerprint density at radius 1 is 1.47 bits per heavy atom. The van der Waals surface area contributed by atoms with Crippen molar-refractivity contribution in [1.29, 1.82) is 0 Å². The van der Waals surface area contributed by atoms with Crippen LogP contribution in [-0.2, 0) is 0 Å². The van der Waals surface area contributed by atoms with Gasteiger partial charge in [-0.25, -0.2) is 0 Å². The molecule has 0 spiro atoms. The lowest BCUT2D eigenvalue weighted by molar-refractivity contribution is 0.0919. The molecule has 0 saturated carbocycles. The fourth-order valence-corrected chi connectivity index (χ4v) is 3.36. The minimum atomic E-state index is -0.179. The van der Waals surface area contributed by atoms with E-state index < -0.39 is 0 Å². The largest absolute Gasteiger partial charge is 0.346 e. The number of rotatable bonds is 4. The fourth-order valence-electron chi connectivity index (χ4n) is 1.69. The van der Waals surface area contributed by atoms with Crippen LogP contribution in [0.15, 0.2) is 18.2 Å². The van der Waals surface area contributed by atoms with Gasteiger partial charge < -0.3 is 5.32 Å². The van der Waals surface area contributed by atoms with Crippen LogP contribution in [-0.4, -0.2) is 23.5 Å². The van der Waals surface area contributed by atoms with Gasteiger partial charge in [0.15, 0.2) is 0 Å². The van der Waals surface area contributed by atoms with Crippen LogP contribution >= 0.6 is 34.4 Å². The average molecular weight is 363 g/mol. The van der Waals surface area contributed by atoms with E-state index in [0.717, 1.165) is 20.4 Å². The van der Waals surface area contributed by atoms with Crippen molar-refractivity contribution in [3.05, 3.63) is 32.9 Å². The molecular formula is C13H18INOS. The molecular weight excluding hydrogens is 345 g/mol. The zero-order valence-electron chi connectivity index (χ0n) is 10.6. The van der Waals surface area contributed by atoms with Gasteiger partial charge in [0.05, 0.1) is 5.56 Å². The first-order valence-electron chi connectivity index (χ1n) is 5.44. The van der Waals surface area contributed by atoms with Crippen molar-refractivity contribution in [3.8, 4) is 0 Å². The molecule has 0 bridgehead atoms. The number of hydrogen-bond donors (Lipinski definition) is 1. The van der Waals surface area contributed by atoms with Crippen molar-refractivity contribution >= 4 is 40.3 Å². The molecule has 1 aromatic rings. The van der Waals surface area contributed by atoms with Crippen LogP contribution in [0.25, 0.3) is 0 Å². The lowest BCUT2D eigenvalue weighted by Gasteiger charge is -2.26. The number of halogens is 1. The molecule has 1 amide bonds. The van der Waals surface area contributed by atoms with E-state index in [9.17, 15) is 4.79 Å². The molecule has 0 saturated heterocycles. The quantitative estimate of drug-likeness (QED) is 0.830. The second-order valence-electron chi connectivity index (χ2n) is 4.70. The van der Waals surface area contributed by atoms with Gasteiger partial charge in [0.25, 0.3) is 5.91 Å². The number of hydrogen-bond acceptors (Lipinski definition) is 2. The van der Waals surface area contributed by atoms with Crippen LogP contribution < -0.4 is 5.32 Å². The number of nitrogens with one attached hydrogen (secondary N) is 1. The molecule has 0 aromatic heterocycles. The Balaban J connectivity index is 2.91. The van der Waals surface area contributed by atoms with Gasteiger partial charge in [-0.15, -0.1) is 0 Å². The van der Waals surface area contributed by atoms with Crippen molar-refractivity contribution in [3.63, 3.8) is 0 Å². The number of carbonyl (C=O) groups is 1. The van der Waals surface area contributed by atoms with Gasteiger partial charge in [-0.3, -0.25) is 4.79 Å². The lowest BCUT2D eigenvalue weighted by Crippen LogP contribution is -2.45. The summed E-state index contributed by atoms with van der Waals surface area (Å²) >= 11 is 3.95. The summed E-state index contributed by atoms with van der Waals surface area (Å²) in [4.78, 5) is 12.3. The Hall–Kier alpha value is -0.230. The third kappa shape index (κ3) is 4.17. The second kappa shape index (κ2) is 6.09. The van der Waals surface area contributed by atoms with E-state index >= 15 is 0 Å². The van der Waals surface area contributed by atoms with Crippen LogP contribution in [0.5, 0.6) is 0 Å². The Bertz CT molecular complexity index is 398. The first kappa shape index (κ1) is 14.8. The number of benzene rings is 1. The molecule has 1 N–H and O–H groups in total. The van der Waals surface area contributed by atoms with E-state index in [4.69, 9.17) is 0 Å². The molecule has 0 aliphatic carbocycles. The third-order valence-electron chi connectivity index (χ3n) is 2.41. The lowest BCUT2D eigenvalue weighted by atomic mass is 10.0. The Labute approximate surface area is 121 Å². The molecule has 0 aliphatic heterocycles. The number of amides is 1. The van der Waals surface area contributed by atoms with Crippen LogP contribution in [0.4, 0.5) is 0 Å². The summed E-state index contributed by atoms with van der Waals surface area (Å²) in [6.45, 7) is 6.07. The molecule has 2 nitrogen and oxygen atoms in total. The highest BCUT2D eigenvalue weighted by molar-refractivity contribution is 14.1. The van der Waals surface area contributed by atoms with E-state index in [-0.39, 0.29) is 11.4 Å². The summed E-state index contributed by atoms with van der Waals surface area (Å²) in [6.07, 6.45) is 2.05. The monoisotopic (exact) mass is 363 g/mol. The fraction of sp³-hybridized carbons (Fsp3) is 0.462. The van der Waals surface area contributed by atoms with Gasteiger partial charge in [0.2, 0.25) is 0 Å². The Kier molecular flexibility index (Phi) is 5.31. The minimum absolute atomic E-state index is 0.0200. The highest BCUT2D eigenvalue weighted by Gasteiger charge is 2.22. The zero-order valence-corrected chi connectivity index (χ0v) is 13.6. The van der Waals surface area contributed by atoms with Crippen LogP contribution in [0.1, 0.15) is 29.8 Å². The van der Waals surface area contributed by atoms with Crippen molar-refractivity contribution in [2.75, 3.05) is 12.0 Å². The number of carbonyl (C=O) groups excluding carboxylic acids is 1. The van der Waals surface area contributed by atoms with Gasteiger partial charge in [-0.1, -0.05) is 12.1 Å². The molecule has 0 fully saturated rings. The predicted molar refractivity (Wildman–Crippen MR) is 83.8 cm³/mol. The second-order valence-corrected chi connectivity index (χ2v) is 6.73. The van der Waals surface area contributed by atoms with Crippen molar-refractivity contribution in [1.82, 2.24) is 5.32 Å². The average Bonchev–Trinajstić information content (AvgIpc) is 2.15. The topological polar surface area (TPSA) is 29.1 Å². The van der Waals surface area contributed by atoms with Crippen LogP contribution in [0, 0.1) is 10.5 Å². The molecule has 17 heavy (non-hydrogen) atoms. The highest BCUT2D eigenvalue weighted by Crippen LogP contribution is 2.18. The smallest absolute Gasteiger partial charge is 0.253 e. The van der Waals surface area contributed by atoms with Crippen LogP contribution in [0.2, 0.25) is 0 Å². The van der Waals surface area contributed by atoms with Crippen molar-refractivity contribution < 1.29 is 4.79 Å². The van der Waals surface area contributed by atoms with Gasteiger partial charge in [0.1, 0.15) is 0 Å².